The minimum absolute atomic E-state index is 0.0780. The third-order valence-corrected chi connectivity index (χ3v) is 3.71. The Morgan fingerprint density at radius 2 is 2.00 bits per heavy atom. The van der Waals surface area contributed by atoms with E-state index in [2.05, 4.69) is 21.2 Å². The van der Waals surface area contributed by atoms with Gasteiger partial charge in [-0.3, -0.25) is 0 Å². The SMILES string of the molecule is COc1ccccc1[C@H](C)NCc1ccc(Br)cc1F. The number of halogens is 2. The van der Waals surface area contributed by atoms with Crippen molar-refractivity contribution in [2.75, 3.05) is 7.11 Å². The summed E-state index contributed by atoms with van der Waals surface area (Å²) in [7, 11) is 1.65. The fourth-order valence-corrected chi connectivity index (χ4v) is 2.40. The van der Waals surface area contributed by atoms with Crippen LogP contribution in [0.15, 0.2) is 46.9 Å². The van der Waals surface area contributed by atoms with Crippen LogP contribution in [0.2, 0.25) is 0 Å². The maximum atomic E-state index is 13.8. The third kappa shape index (κ3) is 3.58. The molecule has 0 heterocycles. The van der Waals surface area contributed by atoms with Crippen molar-refractivity contribution in [1.82, 2.24) is 5.32 Å². The first kappa shape index (κ1) is 15.0. The van der Waals surface area contributed by atoms with Crippen LogP contribution in [-0.4, -0.2) is 7.11 Å². The lowest BCUT2D eigenvalue weighted by Crippen LogP contribution is -2.19. The highest BCUT2D eigenvalue weighted by atomic mass is 79.9. The number of ether oxygens (including phenoxy) is 1. The zero-order valence-electron chi connectivity index (χ0n) is 11.5. The zero-order valence-corrected chi connectivity index (χ0v) is 13.1. The van der Waals surface area contributed by atoms with E-state index in [1.54, 1.807) is 13.2 Å². The zero-order chi connectivity index (χ0) is 14.5. The largest absolute Gasteiger partial charge is 0.496 e. The van der Waals surface area contributed by atoms with Crippen LogP contribution in [0.25, 0.3) is 0 Å². The van der Waals surface area contributed by atoms with E-state index >= 15 is 0 Å². The van der Waals surface area contributed by atoms with Crippen molar-refractivity contribution in [2.45, 2.75) is 19.5 Å². The first-order valence-electron chi connectivity index (χ1n) is 6.42. The summed E-state index contributed by atoms with van der Waals surface area (Å²) < 4.78 is 19.8. The molecule has 2 aromatic rings. The Bertz CT molecular complexity index is 588. The number of benzene rings is 2. The second-order valence-electron chi connectivity index (χ2n) is 4.58. The highest BCUT2D eigenvalue weighted by molar-refractivity contribution is 9.10. The second kappa shape index (κ2) is 6.86. The Morgan fingerprint density at radius 3 is 2.70 bits per heavy atom. The highest BCUT2D eigenvalue weighted by Crippen LogP contribution is 2.25. The molecule has 0 saturated heterocycles. The molecule has 2 aromatic carbocycles. The summed E-state index contributed by atoms with van der Waals surface area (Å²) in [6.45, 7) is 2.51. The van der Waals surface area contributed by atoms with Crippen molar-refractivity contribution in [2.24, 2.45) is 0 Å². The Morgan fingerprint density at radius 1 is 1.25 bits per heavy atom. The maximum absolute atomic E-state index is 13.8. The molecule has 2 nitrogen and oxygen atoms in total. The average molecular weight is 338 g/mol. The standard InChI is InChI=1S/C16H17BrFNO/c1-11(14-5-3-4-6-16(14)20-2)19-10-12-7-8-13(17)9-15(12)18/h3-9,11,19H,10H2,1-2H3/t11-/m0/s1. The molecule has 0 spiro atoms. The summed E-state index contributed by atoms with van der Waals surface area (Å²) in [5.41, 5.74) is 1.71. The van der Waals surface area contributed by atoms with Crippen LogP contribution < -0.4 is 10.1 Å². The summed E-state index contributed by atoms with van der Waals surface area (Å²) in [5, 5.41) is 3.31. The van der Waals surface area contributed by atoms with Crippen molar-refractivity contribution in [3.8, 4) is 5.75 Å². The normalized spacial score (nSPS) is 12.2. The van der Waals surface area contributed by atoms with Crippen LogP contribution in [0.3, 0.4) is 0 Å². The van der Waals surface area contributed by atoms with Gasteiger partial charge in [0.2, 0.25) is 0 Å². The van der Waals surface area contributed by atoms with E-state index in [0.717, 1.165) is 15.8 Å². The Hall–Kier alpha value is -1.39. The quantitative estimate of drug-likeness (QED) is 0.870. The first-order chi connectivity index (χ1) is 9.61. The van der Waals surface area contributed by atoms with Crippen LogP contribution in [0.5, 0.6) is 5.75 Å². The second-order valence-corrected chi connectivity index (χ2v) is 5.50. The molecule has 1 N–H and O–H groups in total. The molecule has 0 unspecified atom stereocenters. The van der Waals surface area contributed by atoms with Crippen molar-refractivity contribution in [1.29, 1.82) is 0 Å². The molecular formula is C16H17BrFNO. The van der Waals surface area contributed by atoms with Gasteiger partial charge >= 0.3 is 0 Å². The van der Waals surface area contributed by atoms with Crippen molar-refractivity contribution in [3.05, 3.63) is 63.9 Å². The molecule has 0 aromatic heterocycles. The van der Waals surface area contributed by atoms with Gasteiger partial charge < -0.3 is 10.1 Å². The van der Waals surface area contributed by atoms with Crippen molar-refractivity contribution < 1.29 is 9.13 Å². The molecule has 0 bridgehead atoms. The number of para-hydroxylation sites is 1. The topological polar surface area (TPSA) is 21.3 Å². The Labute approximate surface area is 127 Å². The van der Waals surface area contributed by atoms with E-state index in [1.807, 2.05) is 37.3 Å². The van der Waals surface area contributed by atoms with Crippen LogP contribution in [0.4, 0.5) is 4.39 Å². The molecule has 0 fully saturated rings. The Kier molecular flexibility index (Phi) is 5.15. The molecule has 0 radical (unpaired) electrons. The van der Waals surface area contributed by atoms with E-state index in [0.29, 0.717) is 12.1 Å². The van der Waals surface area contributed by atoms with Gasteiger partial charge in [0.15, 0.2) is 0 Å². The lowest BCUT2D eigenvalue weighted by molar-refractivity contribution is 0.401. The van der Waals surface area contributed by atoms with Gasteiger partial charge in [0.05, 0.1) is 7.11 Å². The molecule has 0 aliphatic heterocycles. The molecular weight excluding hydrogens is 321 g/mol. The van der Waals surface area contributed by atoms with Crippen molar-refractivity contribution in [3.63, 3.8) is 0 Å². The van der Waals surface area contributed by atoms with E-state index in [4.69, 9.17) is 4.74 Å². The number of methoxy groups -OCH3 is 1. The van der Waals surface area contributed by atoms with E-state index < -0.39 is 0 Å². The molecule has 106 valence electrons. The van der Waals surface area contributed by atoms with Gasteiger partial charge in [0.1, 0.15) is 11.6 Å². The molecule has 4 heteroatoms. The molecule has 0 amide bonds. The summed E-state index contributed by atoms with van der Waals surface area (Å²) in [4.78, 5) is 0. The predicted molar refractivity (Wildman–Crippen MR) is 82.3 cm³/mol. The van der Waals surface area contributed by atoms with Gasteiger partial charge in [-0.15, -0.1) is 0 Å². The minimum Gasteiger partial charge on any atom is -0.496 e. The van der Waals surface area contributed by atoms with Crippen LogP contribution in [0, 0.1) is 5.82 Å². The molecule has 20 heavy (non-hydrogen) atoms. The van der Waals surface area contributed by atoms with Gasteiger partial charge in [-0.05, 0) is 25.1 Å². The van der Waals surface area contributed by atoms with Crippen molar-refractivity contribution >= 4 is 15.9 Å². The van der Waals surface area contributed by atoms with Gasteiger partial charge in [-0.1, -0.05) is 40.2 Å². The molecule has 0 aliphatic rings. The number of nitrogens with one attached hydrogen (secondary N) is 1. The van der Waals surface area contributed by atoms with E-state index in [-0.39, 0.29) is 11.9 Å². The number of hydrogen-bond acceptors (Lipinski definition) is 2. The number of hydrogen-bond donors (Lipinski definition) is 1. The lowest BCUT2D eigenvalue weighted by atomic mass is 10.1. The fourth-order valence-electron chi connectivity index (χ4n) is 2.06. The van der Waals surface area contributed by atoms with E-state index in [9.17, 15) is 4.39 Å². The number of rotatable bonds is 5. The fraction of sp³-hybridized carbons (Fsp3) is 0.250. The molecule has 1 atom stereocenters. The summed E-state index contributed by atoms with van der Waals surface area (Å²) in [6, 6.07) is 13.0. The molecule has 0 saturated carbocycles. The van der Waals surface area contributed by atoms with E-state index in [1.165, 1.54) is 6.07 Å². The van der Waals surface area contributed by atoms with Gasteiger partial charge in [-0.2, -0.15) is 0 Å². The summed E-state index contributed by atoms with van der Waals surface area (Å²) >= 11 is 3.25. The molecule has 2 rings (SSSR count). The predicted octanol–water partition coefficient (Wildman–Crippen LogP) is 4.45. The Balaban J connectivity index is 2.06. The van der Waals surface area contributed by atoms with Gasteiger partial charge in [0.25, 0.3) is 0 Å². The third-order valence-electron chi connectivity index (χ3n) is 3.22. The lowest BCUT2D eigenvalue weighted by Gasteiger charge is -2.17. The summed E-state index contributed by atoms with van der Waals surface area (Å²) in [6.07, 6.45) is 0. The van der Waals surface area contributed by atoms with Crippen LogP contribution >= 0.6 is 15.9 Å². The average Bonchev–Trinajstić information content (AvgIpc) is 2.46. The molecule has 0 aliphatic carbocycles. The summed E-state index contributed by atoms with van der Waals surface area (Å²) in [5.74, 6) is 0.628. The maximum Gasteiger partial charge on any atom is 0.128 e. The highest BCUT2D eigenvalue weighted by Gasteiger charge is 2.11. The monoisotopic (exact) mass is 337 g/mol. The minimum atomic E-state index is -0.209. The smallest absolute Gasteiger partial charge is 0.128 e. The first-order valence-corrected chi connectivity index (χ1v) is 7.21. The van der Waals surface area contributed by atoms with Crippen LogP contribution in [-0.2, 0) is 6.54 Å². The van der Waals surface area contributed by atoms with Gasteiger partial charge in [0, 0.05) is 28.2 Å². The van der Waals surface area contributed by atoms with Gasteiger partial charge in [-0.25, -0.2) is 4.39 Å². The van der Waals surface area contributed by atoms with Crippen LogP contribution in [0.1, 0.15) is 24.1 Å².